The van der Waals surface area contributed by atoms with Crippen molar-refractivity contribution in [2.75, 3.05) is 0 Å². The number of rotatable bonds is 0. The standard InChI is InChI=1S/C10H9NO3/c1-6-2-4-7-8(5-3-6)11-10(13)14-9(7)12/h3-5H,2H2,1H3,(H,11,13). The van der Waals surface area contributed by atoms with Gasteiger partial charge in [-0.15, -0.1) is 0 Å². The molecule has 4 nitrogen and oxygen atoms in total. The third-order valence-electron chi connectivity index (χ3n) is 2.09. The predicted octanol–water partition coefficient (Wildman–Crippen LogP) is -0.761. The fourth-order valence-corrected chi connectivity index (χ4v) is 1.33. The Balaban J connectivity index is 2.94. The Morgan fingerprint density at radius 3 is 2.93 bits per heavy atom. The first-order chi connectivity index (χ1) is 6.66. The summed E-state index contributed by atoms with van der Waals surface area (Å²) in [5.41, 5.74) is 0.546. The van der Waals surface area contributed by atoms with Gasteiger partial charge in [-0.2, -0.15) is 0 Å². The van der Waals surface area contributed by atoms with Gasteiger partial charge < -0.3 is 4.42 Å². The monoisotopic (exact) mass is 191 g/mol. The van der Waals surface area contributed by atoms with Gasteiger partial charge in [-0.05, 0) is 19.4 Å². The SMILES string of the molecule is CC1=CC=c2[nH]c(=O)oc(=O)c2=CC1. The van der Waals surface area contributed by atoms with Gasteiger partial charge in [0.05, 0.1) is 10.6 Å². The van der Waals surface area contributed by atoms with Crippen LogP contribution >= 0.6 is 0 Å². The number of hydrogen-bond donors (Lipinski definition) is 1. The highest BCUT2D eigenvalue weighted by molar-refractivity contribution is 5.44. The summed E-state index contributed by atoms with van der Waals surface area (Å²) in [7, 11) is 0. The van der Waals surface area contributed by atoms with E-state index >= 15 is 0 Å². The molecule has 1 aromatic rings. The minimum atomic E-state index is -0.716. The molecule has 4 heteroatoms. The lowest BCUT2D eigenvalue weighted by Gasteiger charge is -1.87. The molecule has 2 rings (SSSR count). The van der Waals surface area contributed by atoms with Crippen molar-refractivity contribution < 1.29 is 4.42 Å². The highest BCUT2D eigenvalue weighted by Crippen LogP contribution is 2.00. The largest absolute Gasteiger partial charge is 0.419 e. The molecule has 1 aliphatic carbocycles. The van der Waals surface area contributed by atoms with Gasteiger partial charge in [0.1, 0.15) is 0 Å². The van der Waals surface area contributed by atoms with E-state index in [1.54, 1.807) is 12.2 Å². The topological polar surface area (TPSA) is 63.1 Å². The zero-order valence-electron chi connectivity index (χ0n) is 7.66. The highest BCUT2D eigenvalue weighted by Gasteiger charge is 1.99. The van der Waals surface area contributed by atoms with Gasteiger partial charge in [0.2, 0.25) is 0 Å². The van der Waals surface area contributed by atoms with Crippen molar-refractivity contribution in [2.45, 2.75) is 13.3 Å². The smallest absolute Gasteiger partial charge is 0.372 e. The quantitative estimate of drug-likeness (QED) is 0.586. The lowest BCUT2D eigenvalue weighted by molar-refractivity contribution is 0.440. The van der Waals surface area contributed by atoms with E-state index in [1.807, 2.05) is 13.0 Å². The highest BCUT2D eigenvalue weighted by atomic mass is 16.4. The second-order valence-electron chi connectivity index (χ2n) is 3.22. The van der Waals surface area contributed by atoms with E-state index in [4.69, 9.17) is 0 Å². The third kappa shape index (κ3) is 1.46. The van der Waals surface area contributed by atoms with Crippen molar-refractivity contribution in [1.29, 1.82) is 0 Å². The number of aromatic nitrogens is 1. The van der Waals surface area contributed by atoms with Crippen LogP contribution in [-0.4, -0.2) is 4.98 Å². The summed E-state index contributed by atoms with van der Waals surface area (Å²) in [5.74, 6) is -0.716. The molecule has 0 unspecified atom stereocenters. The minimum Gasteiger partial charge on any atom is -0.372 e. The van der Waals surface area contributed by atoms with Crippen LogP contribution in [0.3, 0.4) is 0 Å². The van der Waals surface area contributed by atoms with E-state index in [-0.39, 0.29) is 0 Å². The molecular formula is C10H9NO3. The van der Waals surface area contributed by atoms with E-state index < -0.39 is 11.4 Å². The molecule has 0 spiro atoms. The maximum absolute atomic E-state index is 11.3. The van der Waals surface area contributed by atoms with Gasteiger partial charge >= 0.3 is 11.4 Å². The maximum Gasteiger partial charge on any atom is 0.419 e. The van der Waals surface area contributed by atoms with Crippen molar-refractivity contribution in [1.82, 2.24) is 4.98 Å². The first kappa shape index (κ1) is 8.74. The zero-order valence-corrected chi connectivity index (χ0v) is 7.66. The fraction of sp³-hybridized carbons (Fsp3) is 0.200. The molecule has 14 heavy (non-hydrogen) atoms. The van der Waals surface area contributed by atoms with Crippen LogP contribution in [0.5, 0.6) is 0 Å². The number of hydrogen-bond acceptors (Lipinski definition) is 3. The van der Waals surface area contributed by atoms with Gasteiger partial charge in [0, 0.05) is 0 Å². The molecule has 0 bridgehead atoms. The minimum absolute atomic E-state index is 0.428. The number of H-pyrrole nitrogens is 1. The molecule has 0 radical (unpaired) electrons. The molecule has 72 valence electrons. The lowest BCUT2D eigenvalue weighted by Crippen LogP contribution is -2.44. The molecule has 0 atom stereocenters. The normalized spacial score (nSPS) is 14.5. The summed E-state index contributed by atoms with van der Waals surface area (Å²) in [4.78, 5) is 24.6. The molecule has 0 aromatic carbocycles. The van der Waals surface area contributed by atoms with Crippen molar-refractivity contribution in [3.05, 3.63) is 43.2 Å². The molecule has 0 saturated carbocycles. The molecule has 0 aliphatic heterocycles. The third-order valence-corrected chi connectivity index (χ3v) is 2.09. The Labute approximate surface area is 78.9 Å². The van der Waals surface area contributed by atoms with Crippen LogP contribution < -0.4 is 21.9 Å². The summed E-state index contributed by atoms with van der Waals surface area (Å²) in [6.45, 7) is 1.96. The Morgan fingerprint density at radius 1 is 1.36 bits per heavy atom. The van der Waals surface area contributed by atoms with Crippen LogP contribution in [0.1, 0.15) is 13.3 Å². The predicted molar refractivity (Wildman–Crippen MR) is 52.2 cm³/mol. The van der Waals surface area contributed by atoms with E-state index in [9.17, 15) is 9.59 Å². The molecule has 0 amide bonds. The molecule has 1 aromatic heterocycles. The van der Waals surface area contributed by atoms with E-state index in [2.05, 4.69) is 9.40 Å². The number of allylic oxidation sites excluding steroid dienone is 2. The van der Waals surface area contributed by atoms with Gasteiger partial charge in [-0.3, -0.25) is 4.98 Å². The molecule has 1 aliphatic rings. The molecule has 0 saturated heterocycles. The van der Waals surface area contributed by atoms with Crippen molar-refractivity contribution >= 4 is 12.2 Å². The summed E-state index contributed by atoms with van der Waals surface area (Å²) in [6.07, 6.45) is 6.04. The average molecular weight is 191 g/mol. The summed E-state index contributed by atoms with van der Waals surface area (Å²) < 4.78 is 4.43. The number of aromatic amines is 1. The van der Waals surface area contributed by atoms with E-state index in [1.165, 1.54) is 0 Å². The van der Waals surface area contributed by atoms with E-state index in [0.717, 1.165) is 5.57 Å². The van der Waals surface area contributed by atoms with E-state index in [0.29, 0.717) is 17.0 Å². The maximum atomic E-state index is 11.3. The summed E-state index contributed by atoms with van der Waals surface area (Å²) in [5, 5.41) is 0.945. The van der Waals surface area contributed by atoms with Gasteiger partial charge in [0.25, 0.3) is 0 Å². The zero-order chi connectivity index (χ0) is 10.1. The molecular weight excluding hydrogens is 182 g/mol. The second-order valence-corrected chi connectivity index (χ2v) is 3.22. The van der Waals surface area contributed by atoms with Crippen molar-refractivity contribution in [2.24, 2.45) is 0 Å². The number of fused-ring (bicyclic) bond motifs is 1. The molecule has 1 heterocycles. The van der Waals surface area contributed by atoms with Crippen LogP contribution in [-0.2, 0) is 0 Å². The van der Waals surface area contributed by atoms with Crippen LogP contribution in [0.4, 0.5) is 0 Å². The Kier molecular flexibility index (Phi) is 1.96. The summed E-state index contributed by atoms with van der Waals surface area (Å²) >= 11 is 0. The van der Waals surface area contributed by atoms with Crippen LogP contribution in [0, 0.1) is 0 Å². The van der Waals surface area contributed by atoms with Crippen molar-refractivity contribution in [3.8, 4) is 0 Å². The first-order valence-corrected chi connectivity index (χ1v) is 4.28. The molecule has 1 N–H and O–H groups in total. The van der Waals surface area contributed by atoms with Crippen LogP contribution in [0.25, 0.3) is 12.2 Å². The summed E-state index contributed by atoms with van der Waals surface area (Å²) in [6, 6.07) is 0. The molecule has 0 fully saturated rings. The second kappa shape index (κ2) is 3.14. The van der Waals surface area contributed by atoms with Crippen LogP contribution in [0.15, 0.2) is 25.7 Å². The first-order valence-electron chi connectivity index (χ1n) is 4.28. The Bertz CT molecular complexity index is 616. The van der Waals surface area contributed by atoms with Crippen molar-refractivity contribution in [3.63, 3.8) is 0 Å². The fourth-order valence-electron chi connectivity index (χ4n) is 1.33. The number of nitrogens with one attached hydrogen (secondary N) is 1. The Hall–Kier alpha value is -1.84. The van der Waals surface area contributed by atoms with Gasteiger partial charge in [-0.25, -0.2) is 9.59 Å². The lowest BCUT2D eigenvalue weighted by atomic mass is 10.2. The Morgan fingerprint density at radius 2 is 2.14 bits per heavy atom. The van der Waals surface area contributed by atoms with Gasteiger partial charge in [-0.1, -0.05) is 17.7 Å². The van der Waals surface area contributed by atoms with Crippen LogP contribution in [0.2, 0.25) is 0 Å². The van der Waals surface area contributed by atoms with Gasteiger partial charge in [0.15, 0.2) is 0 Å². The average Bonchev–Trinajstić information content (AvgIpc) is 2.28.